The van der Waals surface area contributed by atoms with Crippen molar-refractivity contribution in [1.82, 2.24) is 20.2 Å². The number of rotatable bonds is 5. The Bertz CT molecular complexity index is 1170. The highest BCUT2D eigenvalue weighted by atomic mass is 16.4. The molecule has 28 heavy (non-hydrogen) atoms. The Balaban J connectivity index is 1.75. The summed E-state index contributed by atoms with van der Waals surface area (Å²) in [6.07, 6.45) is 0. The van der Waals surface area contributed by atoms with Crippen molar-refractivity contribution in [3.63, 3.8) is 0 Å². The molecule has 2 aromatic carbocycles. The van der Waals surface area contributed by atoms with Crippen LogP contribution in [-0.4, -0.2) is 31.2 Å². The normalized spacial score (nSPS) is 10.9. The van der Waals surface area contributed by atoms with Gasteiger partial charge in [0.25, 0.3) is 0 Å². The van der Waals surface area contributed by atoms with E-state index in [2.05, 4.69) is 25.5 Å². The van der Waals surface area contributed by atoms with Crippen molar-refractivity contribution in [2.45, 2.75) is 20.4 Å². The molecule has 0 spiro atoms. The number of carbonyl (C=O) groups is 1. The van der Waals surface area contributed by atoms with Crippen LogP contribution in [0.15, 0.2) is 48.5 Å². The fourth-order valence-corrected chi connectivity index (χ4v) is 3.25. The van der Waals surface area contributed by atoms with Gasteiger partial charge in [0.05, 0.1) is 11.1 Å². The van der Waals surface area contributed by atoms with Gasteiger partial charge in [0.1, 0.15) is 5.69 Å². The lowest BCUT2D eigenvalue weighted by Crippen LogP contribution is -2.07. The number of aryl methyl sites for hydroxylation is 2. The summed E-state index contributed by atoms with van der Waals surface area (Å²) in [6.45, 7) is 4.35. The maximum atomic E-state index is 11.5. The molecule has 4 rings (SSSR count). The van der Waals surface area contributed by atoms with Gasteiger partial charge in [-0.15, -0.1) is 10.2 Å². The second-order valence-corrected chi connectivity index (χ2v) is 6.57. The smallest absolute Gasteiger partial charge is 0.337 e. The first-order valence-corrected chi connectivity index (χ1v) is 8.88. The van der Waals surface area contributed by atoms with Gasteiger partial charge in [-0.3, -0.25) is 0 Å². The van der Waals surface area contributed by atoms with Crippen molar-refractivity contribution >= 4 is 22.7 Å². The highest BCUT2D eigenvalue weighted by molar-refractivity contribution is 6.07. The van der Waals surface area contributed by atoms with Crippen LogP contribution in [0.5, 0.6) is 0 Å². The van der Waals surface area contributed by atoms with Crippen LogP contribution in [0.3, 0.4) is 0 Å². The minimum atomic E-state index is -0.980. The molecule has 140 valence electrons. The summed E-state index contributed by atoms with van der Waals surface area (Å²) >= 11 is 0. The second kappa shape index (κ2) is 7.11. The number of hydrogen-bond acceptors (Lipinski definition) is 5. The Labute approximate surface area is 161 Å². The summed E-state index contributed by atoms with van der Waals surface area (Å²) in [5.74, 6) is 0.121. The van der Waals surface area contributed by atoms with E-state index in [-0.39, 0.29) is 5.56 Å². The van der Waals surface area contributed by atoms with Crippen LogP contribution in [0.1, 0.15) is 27.3 Å². The first kappa shape index (κ1) is 17.7. The van der Waals surface area contributed by atoms with Gasteiger partial charge < -0.3 is 15.4 Å². The third kappa shape index (κ3) is 3.18. The maximum absolute atomic E-state index is 11.5. The van der Waals surface area contributed by atoms with Crippen molar-refractivity contribution in [2.24, 2.45) is 0 Å². The monoisotopic (exact) mass is 373 g/mol. The molecule has 3 N–H and O–H groups in total. The molecule has 0 fully saturated rings. The number of carboxylic acids is 1. The van der Waals surface area contributed by atoms with Gasteiger partial charge in [0.2, 0.25) is 0 Å². The molecule has 0 atom stereocenters. The summed E-state index contributed by atoms with van der Waals surface area (Å²) < 4.78 is 0. The molecule has 0 amide bonds. The summed E-state index contributed by atoms with van der Waals surface area (Å²) in [5, 5.41) is 22.0. The molecule has 0 aliphatic carbocycles. The number of nitrogens with zero attached hydrogens (tertiary/aromatic N) is 3. The van der Waals surface area contributed by atoms with E-state index in [9.17, 15) is 9.90 Å². The molecule has 0 unspecified atom stereocenters. The quantitative estimate of drug-likeness (QED) is 0.489. The molecule has 0 aliphatic rings. The van der Waals surface area contributed by atoms with Crippen LogP contribution in [-0.2, 0) is 6.54 Å². The van der Waals surface area contributed by atoms with Crippen molar-refractivity contribution in [3.8, 4) is 11.4 Å². The minimum absolute atomic E-state index is 0.217. The zero-order valence-corrected chi connectivity index (χ0v) is 15.5. The van der Waals surface area contributed by atoms with Crippen molar-refractivity contribution < 1.29 is 9.90 Å². The highest BCUT2D eigenvalue weighted by Crippen LogP contribution is 2.32. The van der Waals surface area contributed by atoms with E-state index >= 15 is 0 Å². The molecular formula is C21H19N5O2. The Morgan fingerprint density at radius 1 is 1.07 bits per heavy atom. The second-order valence-electron chi connectivity index (χ2n) is 6.57. The van der Waals surface area contributed by atoms with Crippen LogP contribution in [0.2, 0.25) is 0 Å². The molecule has 0 aliphatic heterocycles. The highest BCUT2D eigenvalue weighted by Gasteiger charge is 2.19. The standard InChI is InChI=1S/C21H19N5O2/c1-12-17(15-9-6-10-16(21(27)28)18(15)23-12)20-24-19(13(2)25-26-20)22-11-14-7-4-3-5-8-14/h3-10,23H,11H2,1-2H3,(H,27,28)(H,22,24,26). The topological polar surface area (TPSA) is 104 Å². The van der Waals surface area contributed by atoms with E-state index in [4.69, 9.17) is 0 Å². The Hall–Kier alpha value is -3.74. The van der Waals surface area contributed by atoms with Crippen LogP contribution in [0.25, 0.3) is 22.3 Å². The van der Waals surface area contributed by atoms with Crippen molar-refractivity contribution in [3.05, 3.63) is 71.0 Å². The van der Waals surface area contributed by atoms with Gasteiger partial charge in [-0.05, 0) is 25.5 Å². The van der Waals surface area contributed by atoms with Gasteiger partial charge in [-0.25, -0.2) is 9.78 Å². The Kier molecular flexibility index (Phi) is 4.49. The number of aromatic nitrogens is 4. The van der Waals surface area contributed by atoms with E-state index < -0.39 is 5.97 Å². The van der Waals surface area contributed by atoms with E-state index in [0.29, 0.717) is 29.4 Å². The summed E-state index contributed by atoms with van der Waals surface area (Å²) in [7, 11) is 0. The third-order valence-corrected chi connectivity index (χ3v) is 4.63. The Morgan fingerprint density at radius 3 is 2.61 bits per heavy atom. The maximum Gasteiger partial charge on any atom is 0.337 e. The molecular weight excluding hydrogens is 354 g/mol. The largest absolute Gasteiger partial charge is 0.478 e. The first-order valence-electron chi connectivity index (χ1n) is 8.88. The number of hydrogen-bond donors (Lipinski definition) is 3. The van der Waals surface area contributed by atoms with Gasteiger partial charge in [0, 0.05) is 23.2 Å². The molecule has 0 saturated carbocycles. The number of carboxylic acid groups (broad SMARTS) is 1. The number of H-pyrrole nitrogens is 1. The SMILES string of the molecule is Cc1nnc(-c2c(C)[nH]c3c(C(=O)O)cccc23)nc1NCc1ccccc1. The van der Waals surface area contributed by atoms with E-state index in [1.807, 2.05) is 50.2 Å². The predicted molar refractivity (Wildman–Crippen MR) is 107 cm³/mol. The number of anilines is 1. The van der Waals surface area contributed by atoms with Crippen LogP contribution < -0.4 is 5.32 Å². The fourth-order valence-electron chi connectivity index (χ4n) is 3.25. The van der Waals surface area contributed by atoms with Crippen LogP contribution in [0.4, 0.5) is 5.82 Å². The van der Waals surface area contributed by atoms with Crippen molar-refractivity contribution in [1.29, 1.82) is 0 Å². The number of para-hydroxylation sites is 1. The molecule has 2 heterocycles. The lowest BCUT2D eigenvalue weighted by atomic mass is 10.1. The molecule has 0 bridgehead atoms. The predicted octanol–water partition coefficient (Wildman–Crippen LogP) is 3.95. The number of aromatic amines is 1. The first-order chi connectivity index (χ1) is 13.5. The fraction of sp³-hybridized carbons (Fsp3) is 0.143. The molecule has 7 nitrogen and oxygen atoms in total. The average molecular weight is 373 g/mol. The zero-order valence-electron chi connectivity index (χ0n) is 15.5. The van der Waals surface area contributed by atoms with Crippen LogP contribution >= 0.6 is 0 Å². The lowest BCUT2D eigenvalue weighted by Gasteiger charge is -2.09. The molecule has 0 saturated heterocycles. The molecule has 0 radical (unpaired) electrons. The number of aromatic carboxylic acids is 1. The minimum Gasteiger partial charge on any atom is -0.478 e. The summed E-state index contributed by atoms with van der Waals surface area (Å²) in [5.41, 5.74) is 4.16. The van der Waals surface area contributed by atoms with Crippen molar-refractivity contribution in [2.75, 3.05) is 5.32 Å². The molecule has 2 aromatic heterocycles. The van der Waals surface area contributed by atoms with Gasteiger partial charge in [-0.2, -0.15) is 0 Å². The third-order valence-electron chi connectivity index (χ3n) is 4.63. The van der Waals surface area contributed by atoms with E-state index in [1.54, 1.807) is 12.1 Å². The number of benzene rings is 2. The van der Waals surface area contributed by atoms with E-state index in [1.165, 1.54) is 0 Å². The van der Waals surface area contributed by atoms with E-state index in [0.717, 1.165) is 22.2 Å². The van der Waals surface area contributed by atoms with Gasteiger partial charge >= 0.3 is 5.97 Å². The molecule has 4 aromatic rings. The number of fused-ring (bicyclic) bond motifs is 1. The average Bonchev–Trinajstić information content (AvgIpc) is 3.04. The number of nitrogens with one attached hydrogen (secondary N) is 2. The van der Waals surface area contributed by atoms with Crippen LogP contribution in [0, 0.1) is 13.8 Å². The zero-order chi connectivity index (χ0) is 19.7. The summed E-state index contributed by atoms with van der Waals surface area (Å²) in [6, 6.07) is 15.2. The summed E-state index contributed by atoms with van der Waals surface area (Å²) in [4.78, 5) is 19.3. The van der Waals surface area contributed by atoms with Gasteiger partial charge in [-0.1, -0.05) is 42.5 Å². The van der Waals surface area contributed by atoms with Gasteiger partial charge in [0.15, 0.2) is 11.6 Å². The lowest BCUT2D eigenvalue weighted by molar-refractivity contribution is 0.0699. The molecule has 7 heteroatoms. The Morgan fingerprint density at radius 2 is 1.86 bits per heavy atom.